The fourth-order valence-corrected chi connectivity index (χ4v) is 7.75. The summed E-state index contributed by atoms with van der Waals surface area (Å²) in [6.45, 7) is 10.5. The lowest BCUT2D eigenvalue weighted by Gasteiger charge is -2.30. The van der Waals surface area contributed by atoms with Crippen molar-refractivity contribution in [2.24, 2.45) is 0 Å². The molecule has 0 unspecified atom stereocenters. The highest BCUT2D eigenvalue weighted by Crippen LogP contribution is 2.26. The Morgan fingerprint density at radius 1 is 0.393 bits per heavy atom. The molecule has 0 atom stereocenters. The summed E-state index contributed by atoms with van der Waals surface area (Å²) in [7, 11) is -1.96. The Morgan fingerprint density at radius 2 is 0.679 bits per heavy atom. The van der Waals surface area contributed by atoms with Crippen molar-refractivity contribution in [1.82, 2.24) is 0 Å². The van der Waals surface area contributed by atoms with Gasteiger partial charge in [0.05, 0.1) is 0 Å². The first-order valence-electron chi connectivity index (χ1n) is 13.0. The van der Waals surface area contributed by atoms with Crippen molar-refractivity contribution in [2.45, 2.75) is 149 Å². The molecule has 0 aliphatic rings. The van der Waals surface area contributed by atoms with Crippen molar-refractivity contribution in [3.8, 4) is 0 Å². The van der Waals surface area contributed by atoms with Crippen molar-refractivity contribution in [2.75, 3.05) is 13.2 Å². The third-order valence-electron chi connectivity index (χ3n) is 5.89. The van der Waals surface area contributed by atoms with Crippen LogP contribution in [0.2, 0.25) is 12.1 Å². The summed E-state index contributed by atoms with van der Waals surface area (Å²) >= 11 is 0. The van der Waals surface area contributed by atoms with Crippen molar-refractivity contribution >= 4 is 8.56 Å². The van der Waals surface area contributed by atoms with Crippen LogP contribution in [0.25, 0.3) is 0 Å². The third-order valence-corrected chi connectivity index (χ3v) is 9.75. The molecule has 0 bridgehead atoms. The van der Waals surface area contributed by atoms with Gasteiger partial charge in [0.15, 0.2) is 0 Å². The van der Waals surface area contributed by atoms with Crippen LogP contribution in [0.4, 0.5) is 0 Å². The molecule has 0 aliphatic heterocycles. The molecule has 0 aliphatic carbocycles. The molecule has 0 saturated heterocycles. The lowest BCUT2D eigenvalue weighted by Crippen LogP contribution is -2.42. The largest absolute Gasteiger partial charge is 0.394 e. The van der Waals surface area contributed by atoms with E-state index in [1.165, 1.54) is 121 Å². The Morgan fingerprint density at radius 3 is 0.964 bits per heavy atom. The van der Waals surface area contributed by atoms with E-state index in [1.807, 2.05) is 0 Å². The van der Waals surface area contributed by atoms with Crippen molar-refractivity contribution in [3.63, 3.8) is 0 Å². The first kappa shape index (κ1) is 28.1. The van der Waals surface area contributed by atoms with E-state index < -0.39 is 8.56 Å². The average molecular weight is 415 g/mol. The summed E-state index contributed by atoms with van der Waals surface area (Å²) in [6.07, 6.45) is 23.6. The topological polar surface area (TPSA) is 18.5 Å². The smallest absolute Gasteiger partial charge is 0.338 e. The van der Waals surface area contributed by atoms with Gasteiger partial charge in [0.25, 0.3) is 0 Å². The van der Waals surface area contributed by atoms with Gasteiger partial charge in [-0.05, 0) is 25.9 Å². The molecule has 3 heteroatoms. The average Bonchev–Trinajstić information content (AvgIpc) is 2.69. The Kier molecular flexibility index (Phi) is 21.9. The predicted molar refractivity (Wildman–Crippen MR) is 128 cm³/mol. The van der Waals surface area contributed by atoms with E-state index in [2.05, 4.69) is 27.7 Å². The quantitative estimate of drug-likeness (QED) is 0.122. The fourth-order valence-electron chi connectivity index (χ4n) is 4.21. The normalized spacial score (nSPS) is 12.0. The maximum absolute atomic E-state index is 6.32. The molecule has 0 aromatic heterocycles. The monoisotopic (exact) mass is 414 g/mol. The molecule has 0 amide bonds. The minimum atomic E-state index is -1.96. The Labute approximate surface area is 179 Å². The summed E-state index contributed by atoms with van der Waals surface area (Å²) in [5, 5.41) is 0. The minimum absolute atomic E-state index is 0.820. The second-order valence-electron chi connectivity index (χ2n) is 8.58. The van der Waals surface area contributed by atoms with Gasteiger partial charge >= 0.3 is 8.56 Å². The van der Waals surface area contributed by atoms with E-state index in [-0.39, 0.29) is 0 Å². The molecule has 0 saturated carbocycles. The van der Waals surface area contributed by atoms with E-state index in [4.69, 9.17) is 8.85 Å². The van der Waals surface area contributed by atoms with Crippen molar-refractivity contribution in [3.05, 3.63) is 0 Å². The molecular weight excluding hydrogens is 360 g/mol. The number of rotatable bonds is 23. The molecular formula is C25H54O2Si. The van der Waals surface area contributed by atoms with Crippen LogP contribution in [0.5, 0.6) is 0 Å². The van der Waals surface area contributed by atoms with Crippen LogP contribution in [0.15, 0.2) is 0 Å². The van der Waals surface area contributed by atoms with Crippen LogP contribution in [-0.2, 0) is 8.85 Å². The van der Waals surface area contributed by atoms with Gasteiger partial charge in [-0.15, -0.1) is 0 Å². The van der Waals surface area contributed by atoms with E-state index >= 15 is 0 Å². The molecule has 0 heterocycles. The van der Waals surface area contributed by atoms with Gasteiger partial charge in [0.1, 0.15) is 0 Å². The highest BCUT2D eigenvalue weighted by molar-refractivity contribution is 6.67. The highest BCUT2D eigenvalue weighted by Gasteiger charge is 2.35. The summed E-state index contributed by atoms with van der Waals surface area (Å²) in [5.74, 6) is 0. The SMILES string of the molecule is CCCCCCCCCCC[Si](CCCCCCCCCC)(OCC)OCC. The zero-order valence-corrected chi connectivity index (χ0v) is 21.2. The molecule has 0 spiro atoms. The minimum Gasteiger partial charge on any atom is -0.394 e. The van der Waals surface area contributed by atoms with Gasteiger partial charge in [-0.3, -0.25) is 0 Å². The molecule has 2 nitrogen and oxygen atoms in total. The van der Waals surface area contributed by atoms with Crippen molar-refractivity contribution < 1.29 is 8.85 Å². The molecule has 0 aromatic carbocycles. The third kappa shape index (κ3) is 17.0. The van der Waals surface area contributed by atoms with Crippen LogP contribution >= 0.6 is 0 Å². The number of hydrogen-bond donors (Lipinski definition) is 0. The first-order valence-corrected chi connectivity index (χ1v) is 15.3. The first-order chi connectivity index (χ1) is 13.7. The van der Waals surface area contributed by atoms with Gasteiger partial charge in [-0.25, -0.2) is 0 Å². The molecule has 28 heavy (non-hydrogen) atoms. The summed E-state index contributed by atoms with van der Waals surface area (Å²) in [5.41, 5.74) is 0. The van der Waals surface area contributed by atoms with Gasteiger partial charge in [0.2, 0.25) is 0 Å². The maximum atomic E-state index is 6.32. The van der Waals surface area contributed by atoms with E-state index in [9.17, 15) is 0 Å². The second kappa shape index (κ2) is 21.8. The summed E-state index contributed by atoms with van der Waals surface area (Å²) < 4.78 is 12.6. The second-order valence-corrected chi connectivity index (χ2v) is 12.0. The molecule has 0 fully saturated rings. The predicted octanol–water partition coefficient (Wildman–Crippen LogP) is 9.17. The van der Waals surface area contributed by atoms with E-state index in [1.54, 1.807) is 0 Å². The van der Waals surface area contributed by atoms with E-state index in [0.717, 1.165) is 13.2 Å². The maximum Gasteiger partial charge on any atom is 0.338 e. The lowest BCUT2D eigenvalue weighted by atomic mass is 10.1. The Bertz CT molecular complexity index is 290. The number of hydrogen-bond acceptors (Lipinski definition) is 2. The standard InChI is InChI=1S/C25H54O2Si/c1-5-9-11-13-15-17-19-21-23-25-28(26-7-3,27-8-4)24-22-20-18-16-14-12-10-6-2/h5-25H2,1-4H3. The zero-order valence-electron chi connectivity index (χ0n) is 20.2. The van der Waals surface area contributed by atoms with Crippen LogP contribution in [0.1, 0.15) is 137 Å². The molecule has 0 aromatic rings. The van der Waals surface area contributed by atoms with Crippen molar-refractivity contribution in [1.29, 1.82) is 0 Å². The molecule has 0 N–H and O–H groups in total. The summed E-state index contributed by atoms with van der Waals surface area (Å²) in [4.78, 5) is 0. The highest BCUT2D eigenvalue weighted by atomic mass is 28.4. The van der Waals surface area contributed by atoms with Gasteiger partial charge in [-0.1, -0.05) is 123 Å². The van der Waals surface area contributed by atoms with E-state index in [0.29, 0.717) is 0 Å². The Hall–Kier alpha value is 0.137. The Balaban J connectivity index is 3.98. The van der Waals surface area contributed by atoms with Gasteiger partial charge < -0.3 is 8.85 Å². The van der Waals surface area contributed by atoms with Crippen LogP contribution in [0, 0.1) is 0 Å². The van der Waals surface area contributed by atoms with Crippen LogP contribution < -0.4 is 0 Å². The molecule has 170 valence electrons. The fraction of sp³-hybridized carbons (Fsp3) is 1.00. The van der Waals surface area contributed by atoms with Gasteiger partial charge in [-0.2, -0.15) is 0 Å². The lowest BCUT2D eigenvalue weighted by molar-refractivity contribution is 0.180. The van der Waals surface area contributed by atoms with Gasteiger partial charge in [0, 0.05) is 13.2 Å². The number of unbranched alkanes of at least 4 members (excludes halogenated alkanes) is 15. The molecule has 0 radical (unpaired) electrons. The zero-order chi connectivity index (χ0) is 20.8. The van der Waals surface area contributed by atoms with Crippen LogP contribution in [0.3, 0.4) is 0 Å². The summed E-state index contributed by atoms with van der Waals surface area (Å²) in [6, 6.07) is 2.42. The van der Waals surface area contributed by atoms with Crippen LogP contribution in [-0.4, -0.2) is 21.8 Å². The molecule has 0 rings (SSSR count).